The van der Waals surface area contributed by atoms with Gasteiger partial charge in [-0.1, -0.05) is 35.3 Å². The lowest BCUT2D eigenvalue weighted by Crippen LogP contribution is -1.84. The molecule has 0 atom stereocenters. The molecular formula is C19H12Cl2O3. The van der Waals surface area contributed by atoms with E-state index in [4.69, 9.17) is 32.7 Å². The van der Waals surface area contributed by atoms with Crippen molar-refractivity contribution < 1.29 is 14.3 Å². The third-order valence-electron chi connectivity index (χ3n) is 3.40. The highest BCUT2D eigenvalue weighted by atomic mass is 35.5. The minimum atomic E-state index is -1.03. The molecule has 0 unspecified atom stereocenters. The third-order valence-corrected chi connectivity index (χ3v) is 3.91. The van der Waals surface area contributed by atoms with E-state index < -0.39 is 5.97 Å². The highest BCUT2D eigenvalue weighted by Gasteiger charge is 2.14. The second kappa shape index (κ2) is 6.95. The van der Waals surface area contributed by atoms with Gasteiger partial charge in [-0.25, -0.2) is 4.79 Å². The Labute approximate surface area is 148 Å². The van der Waals surface area contributed by atoms with Crippen molar-refractivity contribution in [3.8, 4) is 22.5 Å². The average molecular weight is 359 g/mol. The van der Waals surface area contributed by atoms with Crippen molar-refractivity contribution in [3.63, 3.8) is 0 Å². The van der Waals surface area contributed by atoms with Crippen molar-refractivity contribution in [3.05, 3.63) is 76.5 Å². The smallest absolute Gasteiger partial charge is 0.328 e. The predicted molar refractivity (Wildman–Crippen MR) is 96.3 cm³/mol. The van der Waals surface area contributed by atoms with Gasteiger partial charge < -0.3 is 9.52 Å². The second-order valence-electron chi connectivity index (χ2n) is 5.08. The van der Waals surface area contributed by atoms with Gasteiger partial charge in [0.15, 0.2) is 0 Å². The molecule has 0 fully saturated rings. The Morgan fingerprint density at radius 1 is 0.917 bits per heavy atom. The molecule has 0 amide bonds. The van der Waals surface area contributed by atoms with Crippen molar-refractivity contribution in [2.24, 2.45) is 0 Å². The molecule has 3 rings (SSSR count). The molecule has 3 aromatic rings. The summed E-state index contributed by atoms with van der Waals surface area (Å²) in [7, 11) is 0. The molecule has 0 spiro atoms. The summed E-state index contributed by atoms with van der Waals surface area (Å²) in [6.45, 7) is 0. The Hall–Kier alpha value is -2.49. The number of carbonyl (C=O) groups is 1. The van der Waals surface area contributed by atoms with Crippen LogP contribution in [0.2, 0.25) is 10.0 Å². The first-order valence-electron chi connectivity index (χ1n) is 7.09. The van der Waals surface area contributed by atoms with E-state index in [0.29, 0.717) is 21.6 Å². The summed E-state index contributed by atoms with van der Waals surface area (Å²) in [6, 6.07) is 16.4. The zero-order valence-corrected chi connectivity index (χ0v) is 13.9. The van der Waals surface area contributed by atoms with Crippen LogP contribution in [0.5, 0.6) is 0 Å². The van der Waals surface area contributed by atoms with Crippen molar-refractivity contribution in [1.82, 2.24) is 0 Å². The van der Waals surface area contributed by atoms with E-state index in [0.717, 1.165) is 22.8 Å². The van der Waals surface area contributed by atoms with Crippen LogP contribution >= 0.6 is 23.2 Å². The Morgan fingerprint density at radius 3 is 2.00 bits per heavy atom. The minimum absolute atomic E-state index is 0.451. The van der Waals surface area contributed by atoms with Crippen LogP contribution < -0.4 is 0 Å². The van der Waals surface area contributed by atoms with E-state index >= 15 is 0 Å². The Kier molecular flexibility index (Phi) is 4.74. The van der Waals surface area contributed by atoms with Gasteiger partial charge in [0.25, 0.3) is 0 Å². The summed E-state index contributed by atoms with van der Waals surface area (Å²) in [4.78, 5) is 10.7. The Morgan fingerprint density at radius 2 is 1.46 bits per heavy atom. The molecule has 1 N–H and O–H groups in total. The average Bonchev–Trinajstić information content (AvgIpc) is 2.98. The predicted octanol–water partition coefficient (Wildman–Crippen LogP) is 6.02. The number of halogens is 2. The number of furan rings is 1. The number of hydrogen-bond acceptors (Lipinski definition) is 2. The summed E-state index contributed by atoms with van der Waals surface area (Å²) in [5, 5.41) is 10.1. The molecule has 1 heterocycles. The molecular weight excluding hydrogens is 347 g/mol. The van der Waals surface area contributed by atoms with Gasteiger partial charge in [0.2, 0.25) is 0 Å². The van der Waals surface area contributed by atoms with Crippen LogP contribution in [0.25, 0.3) is 28.5 Å². The van der Waals surface area contributed by atoms with Crippen molar-refractivity contribution >= 4 is 35.2 Å². The fourth-order valence-corrected chi connectivity index (χ4v) is 2.56. The molecule has 3 nitrogen and oxygen atoms in total. The first-order valence-corrected chi connectivity index (χ1v) is 7.85. The standard InChI is InChI=1S/C19H12Cl2O3/c20-14-5-1-12(2-6-14)17-11-16(9-10-18(22)23)24-19(17)13-3-7-15(21)8-4-13/h1-11H,(H,22,23)/b10-9+. The molecule has 0 radical (unpaired) electrons. The van der Waals surface area contributed by atoms with Gasteiger partial charge in [0, 0.05) is 27.2 Å². The lowest BCUT2D eigenvalue weighted by atomic mass is 10.0. The highest BCUT2D eigenvalue weighted by Crippen LogP contribution is 2.36. The molecule has 0 aliphatic carbocycles. The maximum Gasteiger partial charge on any atom is 0.328 e. The number of aliphatic carboxylic acids is 1. The largest absolute Gasteiger partial charge is 0.478 e. The summed E-state index contributed by atoms with van der Waals surface area (Å²) in [5.74, 6) is 0.0545. The van der Waals surface area contributed by atoms with Crippen molar-refractivity contribution in [2.45, 2.75) is 0 Å². The molecule has 0 saturated carbocycles. The lowest BCUT2D eigenvalue weighted by molar-refractivity contribution is -0.131. The fraction of sp³-hybridized carbons (Fsp3) is 0. The summed E-state index contributed by atoms with van der Waals surface area (Å²) >= 11 is 11.9. The van der Waals surface area contributed by atoms with Gasteiger partial charge in [-0.15, -0.1) is 0 Å². The van der Waals surface area contributed by atoms with Gasteiger partial charge in [-0.05, 0) is 54.1 Å². The van der Waals surface area contributed by atoms with Crippen LogP contribution in [0.3, 0.4) is 0 Å². The van der Waals surface area contributed by atoms with E-state index in [1.165, 1.54) is 6.08 Å². The van der Waals surface area contributed by atoms with Crippen LogP contribution in [0.15, 0.2) is 65.1 Å². The molecule has 0 aliphatic heterocycles. The first-order chi connectivity index (χ1) is 11.5. The first kappa shape index (κ1) is 16.4. The molecule has 0 aliphatic rings. The molecule has 2 aromatic carbocycles. The number of rotatable bonds is 4. The van der Waals surface area contributed by atoms with E-state index in [1.54, 1.807) is 30.3 Å². The van der Waals surface area contributed by atoms with Crippen molar-refractivity contribution in [1.29, 1.82) is 0 Å². The molecule has 24 heavy (non-hydrogen) atoms. The van der Waals surface area contributed by atoms with E-state index in [1.807, 2.05) is 24.3 Å². The zero-order valence-electron chi connectivity index (χ0n) is 12.4. The van der Waals surface area contributed by atoms with Gasteiger partial charge in [-0.3, -0.25) is 0 Å². The quantitative estimate of drug-likeness (QED) is 0.580. The minimum Gasteiger partial charge on any atom is -0.478 e. The summed E-state index contributed by atoms with van der Waals surface area (Å²) in [5.41, 5.74) is 2.61. The molecule has 120 valence electrons. The number of carboxylic acid groups (broad SMARTS) is 1. The van der Waals surface area contributed by atoms with Gasteiger partial charge in [0.05, 0.1) is 0 Å². The fourth-order valence-electron chi connectivity index (χ4n) is 2.31. The van der Waals surface area contributed by atoms with Crippen LogP contribution in [0.4, 0.5) is 0 Å². The van der Waals surface area contributed by atoms with E-state index in [2.05, 4.69) is 0 Å². The molecule has 0 saturated heterocycles. The van der Waals surface area contributed by atoms with Crippen LogP contribution in [0.1, 0.15) is 5.76 Å². The monoisotopic (exact) mass is 358 g/mol. The van der Waals surface area contributed by atoms with E-state index in [9.17, 15) is 4.79 Å². The molecule has 1 aromatic heterocycles. The number of benzene rings is 2. The topological polar surface area (TPSA) is 50.4 Å². The number of hydrogen-bond donors (Lipinski definition) is 1. The number of carboxylic acids is 1. The van der Waals surface area contributed by atoms with Crippen LogP contribution in [-0.2, 0) is 4.79 Å². The van der Waals surface area contributed by atoms with Crippen molar-refractivity contribution in [2.75, 3.05) is 0 Å². The van der Waals surface area contributed by atoms with Gasteiger partial charge in [0.1, 0.15) is 11.5 Å². The molecule has 5 heteroatoms. The molecule has 0 bridgehead atoms. The second-order valence-corrected chi connectivity index (χ2v) is 5.95. The normalized spacial score (nSPS) is 11.1. The van der Waals surface area contributed by atoms with E-state index in [-0.39, 0.29) is 0 Å². The van der Waals surface area contributed by atoms with Crippen LogP contribution in [-0.4, -0.2) is 11.1 Å². The summed E-state index contributed by atoms with van der Waals surface area (Å²) < 4.78 is 5.85. The Bertz CT molecular complexity index is 828. The maximum absolute atomic E-state index is 10.7. The van der Waals surface area contributed by atoms with Gasteiger partial charge >= 0.3 is 5.97 Å². The van der Waals surface area contributed by atoms with Crippen LogP contribution in [0, 0.1) is 0 Å². The maximum atomic E-state index is 10.7. The Balaban J connectivity index is 2.12. The highest BCUT2D eigenvalue weighted by molar-refractivity contribution is 6.31. The lowest BCUT2D eigenvalue weighted by Gasteiger charge is -2.03. The third kappa shape index (κ3) is 3.70. The zero-order chi connectivity index (χ0) is 17.1. The summed E-state index contributed by atoms with van der Waals surface area (Å²) in [6.07, 6.45) is 2.46. The van der Waals surface area contributed by atoms with Gasteiger partial charge in [-0.2, -0.15) is 0 Å². The SMILES string of the molecule is O=C(O)/C=C/c1cc(-c2ccc(Cl)cc2)c(-c2ccc(Cl)cc2)o1.